The third-order valence-electron chi connectivity index (χ3n) is 2.64. The summed E-state index contributed by atoms with van der Waals surface area (Å²) >= 11 is 3.20. The number of rotatable bonds is 7. The minimum Gasteiger partial charge on any atom is -0.315 e. The summed E-state index contributed by atoms with van der Waals surface area (Å²) in [5.41, 5.74) is 1.08. The summed E-state index contributed by atoms with van der Waals surface area (Å²) in [6.07, 6.45) is 0. The van der Waals surface area contributed by atoms with E-state index in [2.05, 4.69) is 47.3 Å². The van der Waals surface area contributed by atoms with Crippen molar-refractivity contribution in [2.45, 2.75) is 33.4 Å². The van der Waals surface area contributed by atoms with Crippen LogP contribution in [0.4, 0.5) is 4.39 Å². The molecule has 0 saturated carbocycles. The lowest BCUT2D eigenvalue weighted by atomic mass is 10.2. The maximum atomic E-state index is 13.1. The molecule has 1 atom stereocenters. The first-order valence-corrected chi connectivity index (χ1v) is 7.16. The predicted octanol–water partition coefficient (Wildman–Crippen LogP) is 3.31. The van der Waals surface area contributed by atoms with E-state index in [1.807, 2.05) is 6.07 Å². The molecule has 1 aromatic rings. The van der Waals surface area contributed by atoms with Crippen LogP contribution in [0.5, 0.6) is 0 Å². The van der Waals surface area contributed by atoms with Gasteiger partial charge in [-0.05, 0) is 53.0 Å². The highest BCUT2D eigenvalue weighted by Gasteiger charge is 2.04. The third-order valence-corrected chi connectivity index (χ3v) is 3.25. The average Bonchev–Trinajstić information content (AvgIpc) is 2.30. The van der Waals surface area contributed by atoms with Gasteiger partial charge in [0.2, 0.25) is 0 Å². The largest absolute Gasteiger partial charge is 0.315 e. The smallest absolute Gasteiger partial charge is 0.137 e. The zero-order chi connectivity index (χ0) is 13.5. The molecule has 1 unspecified atom stereocenters. The number of halogens is 2. The van der Waals surface area contributed by atoms with Gasteiger partial charge in [0.15, 0.2) is 0 Å². The molecule has 0 saturated heterocycles. The first-order chi connectivity index (χ1) is 8.49. The molecule has 2 nitrogen and oxygen atoms in total. The molecule has 18 heavy (non-hydrogen) atoms. The van der Waals surface area contributed by atoms with Crippen LogP contribution in [0.1, 0.15) is 26.3 Å². The maximum absolute atomic E-state index is 13.1. The second kappa shape index (κ2) is 7.87. The van der Waals surface area contributed by atoms with Gasteiger partial charge >= 0.3 is 0 Å². The normalized spacial score (nSPS) is 13.0. The predicted molar refractivity (Wildman–Crippen MR) is 78.1 cm³/mol. The Bertz CT molecular complexity index is 369. The first-order valence-electron chi connectivity index (χ1n) is 6.37. The van der Waals surface area contributed by atoms with Gasteiger partial charge in [-0.25, -0.2) is 4.39 Å². The fourth-order valence-electron chi connectivity index (χ4n) is 1.60. The second-order valence-electron chi connectivity index (χ2n) is 5.08. The van der Waals surface area contributed by atoms with Crippen LogP contribution in [0.15, 0.2) is 22.7 Å². The molecule has 0 spiro atoms. The fourth-order valence-corrected chi connectivity index (χ4v) is 2.03. The number of hydrogen-bond acceptors (Lipinski definition) is 2. The first kappa shape index (κ1) is 15.6. The molecule has 102 valence electrons. The Labute approximate surface area is 117 Å². The number of nitrogens with one attached hydrogen (secondary N) is 2. The summed E-state index contributed by atoms with van der Waals surface area (Å²) in [6, 6.07) is 5.51. The lowest BCUT2D eigenvalue weighted by molar-refractivity contribution is 0.472. The quantitative estimate of drug-likeness (QED) is 0.806. The van der Waals surface area contributed by atoms with E-state index in [4.69, 9.17) is 0 Å². The van der Waals surface area contributed by atoms with E-state index in [0.29, 0.717) is 16.4 Å². The molecule has 0 heterocycles. The molecule has 0 aliphatic carbocycles. The average molecular weight is 317 g/mol. The molecule has 0 aromatic heterocycles. The zero-order valence-corrected chi connectivity index (χ0v) is 12.8. The summed E-state index contributed by atoms with van der Waals surface area (Å²) in [4.78, 5) is 0. The molecular formula is C14H22BrFN2. The van der Waals surface area contributed by atoms with E-state index in [-0.39, 0.29) is 5.82 Å². The Morgan fingerprint density at radius 3 is 2.56 bits per heavy atom. The van der Waals surface area contributed by atoms with Crippen LogP contribution in [0.25, 0.3) is 0 Å². The van der Waals surface area contributed by atoms with Crippen molar-refractivity contribution < 1.29 is 4.39 Å². The molecule has 0 aliphatic heterocycles. The molecule has 0 radical (unpaired) electrons. The topological polar surface area (TPSA) is 24.1 Å². The Balaban J connectivity index is 2.29. The van der Waals surface area contributed by atoms with Crippen LogP contribution in [0.2, 0.25) is 0 Å². The fraction of sp³-hybridized carbons (Fsp3) is 0.571. The molecule has 2 N–H and O–H groups in total. The summed E-state index contributed by atoms with van der Waals surface area (Å²) in [6.45, 7) is 9.27. The van der Waals surface area contributed by atoms with Crippen molar-refractivity contribution in [3.05, 3.63) is 34.1 Å². The monoisotopic (exact) mass is 316 g/mol. The van der Waals surface area contributed by atoms with E-state index in [1.165, 1.54) is 6.07 Å². The van der Waals surface area contributed by atoms with Gasteiger partial charge in [-0.2, -0.15) is 0 Å². The maximum Gasteiger partial charge on any atom is 0.137 e. The highest BCUT2D eigenvalue weighted by molar-refractivity contribution is 9.10. The Hall–Kier alpha value is -0.450. The summed E-state index contributed by atoms with van der Waals surface area (Å²) < 4.78 is 13.6. The minimum atomic E-state index is -0.217. The summed E-state index contributed by atoms with van der Waals surface area (Å²) in [5.74, 6) is 0.454. The van der Waals surface area contributed by atoms with Crippen LogP contribution in [-0.2, 0) is 6.54 Å². The van der Waals surface area contributed by atoms with E-state index in [1.54, 1.807) is 6.07 Å². The molecule has 1 aromatic carbocycles. The van der Waals surface area contributed by atoms with E-state index >= 15 is 0 Å². The lowest BCUT2D eigenvalue weighted by Gasteiger charge is -2.16. The van der Waals surface area contributed by atoms with Crippen LogP contribution in [0.3, 0.4) is 0 Å². The highest BCUT2D eigenvalue weighted by atomic mass is 79.9. The highest BCUT2D eigenvalue weighted by Crippen LogP contribution is 2.16. The Kier molecular flexibility index (Phi) is 6.82. The molecular weight excluding hydrogens is 295 g/mol. The van der Waals surface area contributed by atoms with Crippen LogP contribution >= 0.6 is 15.9 Å². The van der Waals surface area contributed by atoms with Crippen molar-refractivity contribution in [1.82, 2.24) is 10.6 Å². The van der Waals surface area contributed by atoms with Crippen molar-refractivity contribution in [3.63, 3.8) is 0 Å². The minimum absolute atomic E-state index is 0.217. The van der Waals surface area contributed by atoms with Gasteiger partial charge in [0, 0.05) is 19.1 Å². The van der Waals surface area contributed by atoms with Gasteiger partial charge in [0.1, 0.15) is 5.82 Å². The molecule has 0 aliphatic rings. The van der Waals surface area contributed by atoms with Crippen molar-refractivity contribution in [2.75, 3.05) is 13.1 Å². The van der Waals surface area contributed by atoms with Crippen molar-refractivity contribution in [2.24, 2.45) is 5.92 Å². The number of hydrogen-bond donors (Lipinski definition) is 2. The number of benzene rings is 1. The summed E-state index contributed by atoms with van der Waals surface area (Å²) in [7, 11) is 0. The zero-order valence-electron chi connectivity index (χ0n) is 11.3. The van der Waals surface area contributed by atoms with Crippen molar-refractivity contribution >= 4 is 15.9 Å². The van der Waals surface area contributed by atoms with E-state index < -0.39 is 0 Å². The Morgan fingerprint density at radius 2 is 1.94 bits per heavy atom. The van der Waals surface area contributed by atoms with Crippen LogP contribution in [-0.4, -0.2) is 19.1 Å². The summed E-state index contributed by atoms with van der Waals surface area (Å²) in [5, 5.41) is 6.82. The molecule has 4 heteroatoms. The van der Waals surface area contributed by atoms with Crippen molar-refractivity contribution in [1.29, 1.82) is 0 Å². The lowest BCUT2D eigenvalue weighted by Crippen LogP contribution is -2.37. The van der Waals surface area contributed by atoms with E-state index in [9.17, 15) is 4.39 Å². The van der Waals surface area contributed by atoms with Gasteiger partial charge in [0.25, 0.3) is 0 Å². The molecule has 1 rings (SSSR count). The van der Waals surface area contributed by atoms with Gasteiger partial charge < -0.3 is 10.6 Å². The van der Waals surface area contributed by atoms with Crippen LogP contribution < -0.4 is 10.6 Å². The van der Waals surface area contributed by atoms with Gasteiger partial charge in [-0.3, -0.25) is 0 Å². The van der Waals surface area contributed by atoms with Gasteiger partial charge in [-0.1, -0.05) is 19.9 Å². The van der Waals surface area contributed by atoms with Gasteiger partial charge in [0.05, 0.1) is 4.47 Å². The molecule has 0 bridgehead atoms. The third kappa shape index (κ3) is 5.94. The standard InChI is InChI=1S/C14H22BrFN2/c1-10(2)7-17-8-11(3)18-9-12-4-5-14(16)13(15)6-12/h4-6,10-11,17-18H,7-9H2,1-3H3. The molecule has 0 amide bonds. The van der Waals surface area contributed by atoms with E-state index in [0.717, 1.165) is 25.2 Å². The Morgan fingerprint density at radius 1 is 1.22 bits per heavy atom. The van der Waals surface area contributed by atoms with Gasteiger partial charge in [-0.15, -0.1) is 0 Å². The SMILES string of the molecule is CC(C)CNCC(C)NCc1ccc(F)c(Br)c1. The second-order valence-corrected chi connectivity index (χ2v) is 5.94. The van der Waals surface area contributed by atoms with Crippen molar-refractivity contribution in [3.8, 4) is 0 Å². The molecule has 0 fully saturated rings. The van der Waals surface area contributed by atoms with Crippen LogP contribution in [0, 0.1) is 11.7 Å².